The van der Waals surface area contributed by atoms with Gasteiger partial charge in [0, 0.05) is 28.4 Å². The number of aromatic nitrogens is 1. The van der Waals surface area contributed by atoms with E-state index in [9.17, 15) is 4.79 Å². The van der Waals surface area contributed by atoms with Crippen LogP contribution < -0.4 is 0 Å². The second kappa shape index (κ2) is 6.75. The highest BCUT2D eigenvalue weighted by Gasteiger charge is 2.22. The first-order valence-corrected chi connectivity index (χ1v) is 9.35. The zero-order valence-electron chi connectivity index (χ0n) is 13.8. The number of thiophene rings is 1. The van der Waals surface area contributed by atoms with Gasteiger partial charge in [-0.3, -0.25) is 4.79 Å². The molecule has 1 aliphatic rings. The maximum absolute atomic E-state index is 13.1. The van der Waals surface area contributed by atoms with Crippen molar-refractivity contribution in [1.29, 1.82) is 0 Å². The molecule has 128 valence electrons. The topological polar surface area (TPSA) is 42.4 Å². The van der Waals surface area contributed by atoms with Crippen LogP contribution in [0.2, 0.25) is 5.02 Å². The van der Waals surface area contributed by atoms with Gasteiger partial charge in [0.1, 0.15) is 0 Å². The maximum atomic E-state index is 13.1. The third-order valence-electron chi connectivity index (χ3n) is 4.29. The van der Waals surface area contributed by atoms with Gasteiger partial charge in [-0.25, -0.2) is 4.98 Å². The zero-order valence-corrected chi connectivity index (χ0v) is 15.4. The summed E-state index contributed by atoms with van der Waals surface area (Å²) in [7, 11) is 0. The Labute approximate surface area is 155 Å². The van der Waals surface area contributed by atoms with Gasteiger partial charge in [-0.1, -0.05) is 11.6 Å². The van der Waals surface area contributed by atoms with Crippen molar-refractivity contribution >= 4 is 39.7 Å². The van der Waals surface area contributed by atoms with Crippen LogP contribution in [0.1, 0.15) is 15.2 Å². The van der Waals surface area contributed by atoms with Crippen LogP contribution in [-0.2, 0) is 4.74 Å². The normalized spacial score (nSPS) is 14.9. The minimum atomic E-state index is 0.00694. The summed E-state index contributed by atoms with van der Waals surface area (Å²) in [6.07, 6.45) is 0. The fourth-order valence-electron chi connectivity index (χ4n) is 3.01. The average Bonchev–Trinajstić information content (AvgIpc) is 3.07. The molecule has 0 aliphatic carbocycles. The van der Waals surface area contributed by atoms with Crippen LogP contribution >= 0.6 is 22.9 Å². The molecule has 0 spiro atoms. The number of morpholine rings is 1. The molecule has 2 aromatic heterocycles. The van der Waals surface area contributed by atoms with E-state index in [4.69, 9.17) is 21.3 Å². The minimum Gasteiger partial charge on any atom is -0.378 e. The third-order valence-corrected chi connectivity index (χ3v) is 5.55. The Kier molecular flexibility index (Phi) is 4.46. The molecule has 4 rings (SSSR count). The fourth-order valence-corrected chi connectivity index (χ4v) is 4.01. The van der Waals surface area contributed by atoms with Crippen molar-refractivity contribution in [3.8, 4) is 10.6 Å². The number of aryl methyl sites for hydroxylation is 1. The number of rotatable bonds is 2. The van der Waals surface area contributed by atoms with E-state index in [1.165, 1.54) is 4.88 Å². The first-order chi connectivity index (χ1) is 12.1. The SMILES string of the molecule is Cc1ccc(-c2cc(C(=O)N3CCOCC3)c3cc(Cl)ccc3n2)s1. The Morgan fingerprint density at radius 3 is 2.72 bits per heavy atom. The van der Waals surface area contributed by atoms with Crippen LogP contribution in [0.3, 0.4) is 0 Å². The van der Waals surface area contributed by atoms with Crippen molar-refractivity contribution in [3.63, 3.8) is 0 Å². The van der Waals surface area contributed by atoms with Gasteiger partial charge in [-0.05, 0) is 43.3 Å². The van der Waals surface area contributed by atoms with Crippen LogP contribution in [0.15, 0.2) is 36.4 Å². The van der Waals surface area contributed by atoms with Crippen LogP contribution in [0.25, 0.3) is 21.5 Å². The van der Waals surface area contributed by atoms with Crippen molar-refractivity contribution in [1.82, 2.24) is 9.88 Å². The smallest absolute Gasteiger partial charge is 0.254 e. The molecule has 1 aromatic carbocycles. The van der Waals surface area contributed by atoms with Gasteiger partial charge in [-0.2, -0.15) is 0 Å². The Morgan fingerprint density at radius 2 is 2.00 bits per heavy atom. The molecule has 1 fully saturated rings. The van der Waals surface area contributed by atoms with Crippen LogP contribution in [-0.4, -0.2) is 42.1 Å². The number of carbonyl (C=O) groups excluding carboxylic acids is 1. The van der Waals surface area contributed by atoms with Crippen molar-refractivity contribution in [2.75, 3.05) is 26.3 Å². The molecule has 0 radical (unpaired) electrons. The second-order valence-electron chi connectivity index (χ2n) is 6.03. The van der Waals surface area contributed by atoms with E-state index in [0.717, 1.165) is 21.5 Å². The monoisotopic (exact) mass is 372 g/mol. The molecule has 1 saturated heterocycles. The Hall–Kier alpha value is -1.95. The first-order valence-electron chi connectivity index (χ1n) is 8.16. The number of hydrogen-bond donors (Lipinski definition) is 0. The molecule has 0 N–H and O–H groups in total. The second-order valence-corrected chi connectivity index (χ2v) is 7.76. The van der Waals surface area contributed by atoms with Crippen molar-refractivity contribution < 1.29 is 9.53 Å². The molecule has 1 aliphatic heterocycles. The number of ether oxygens (including phenoxy) is 1. The molecule has 0 unspecified atom stereocenters. The highest BCUT2D eigenvalue weighted by atomic mass is 35.5. The molecule has 1 amide bonds. The minimum absolute atomic E-state index is 0.00694. The van der Waals surface area contributed by atoms with E-state index >= 15 is 0 Å². The third kappa shape index (κ3) is 3.27. The standard InChI is InChI=1S/C19H17ClN2O2S/c1-12-2-5-18(25-12)17-11-15(19(23)22-6-8-24-9-7-22)14-10-13(20)3-4-16(14)21-17/h2-5,10-11H,6-9H2,1H3. The highest BCUT2D eigenvalue weighted by molar-refractivity contribution is 7.15. The summed E-state index contributed by atoms with van der Waals surface area (Å²) in [5.41, 5.74) is 2.25. The van der Waals surface area contributed by atoms with Gasteiger partial charge in [0.05, 0.1) is 34.9 Å². The molecule has 0 bridgehead atoms. The van der Waals surface area contributed by atoms with Gasteiger partial charge in [-0.15, -0.1) is 11.3 Å². The molecular formula is C19H17ClN2O2S. The number of halogens is 1. The molecule has 4 nitrogen and oxygen atoms in total. The van der Waals surface area contributed by atoms with Gasteiger partial charge in [0.25, 0.3) is 5.91 Å². The highest BCUT2D eigenvalue weighted by Crippen LogP contribution is 2.31. The van der Waals surface area contributed by atoms with Crippen LogP contribution in [0, 0.1) is 6.92 Å². The van der Waals surface area contributed by atoms with E-state index in [1.807, 2.05) is 35.2 Å². The number of amides is 1. The van der Waals surface area contributed by atoms with E-state index < -0.39 is 0 Å². The number of carbonyl (C=O) groups is 1. The van der Waals surface area contributed by atoms with Crippen molar-refractivity contribution in [3.05, 3.63) is 51.9 Å². The molecule has 0 atom stereocenters. The average molecular weight is 373 g/mol. The number of hydrogen-bond acceptors (Lipinski definition) is 4. The summed E-state index contributed by atoms with van der Waals surface area (Å²) >= 11 is 7.85. The lowest BCUT2D eigenvalue weighted by Gasteiger charge is -2.27. The molecule has 25 heavy (non-hydrogen) atoms. The van der Waals surface area contributed by atoms with E-state index in [2.05, 4.69) is 13.0 Å². The quantitative estimate of drug-likeness (QED) is 0.669. The van der Waals surface area contributed by atoms with E-state index in [0.29, 0.717) is 36.9 Å². The summed E-state index contributed by atoms with van der Waals surface area (Å²) < 4.78 is 5.36. The van der Waals surface area contributed by atoms with Crippen LogP contribution in [0.4, 0.5) is 0 Å². The lowest BCUT2D eigenvalue weighted by Crippen LogP contribution is -2.40. The lowest BCUT2D eigenvalue weighted by molar-refractivity contribution is 0.0304. The number of nitrogens with zero attached hydrogens (tertiary/aromatic N) is 2. The molecule has 3 aromatic rings. The summed E-state index contributed by atoms with van der Waals surface area (Å²) in [6, 6.07) is 11.5. The largest absolute Gasteiger partial charge is 0.378 e. The van der Waals surface area contributed by atoms with E-state index in [1.54, 1.807) is 11.3 Å². The van der Waals surface area contributed by atoms with Crippen molar-refractivity contribution in [2.24, 2.45) is 0 Å². The van der Waals surface area contributed by atoms with Gasteiger partial charge in [0.2, 0.25) is 0 Å². The Morgan fingerprint density at radius 1 is 1.20 bits per heavy atom. The number of pyridine rings is 1. The summed E-state index contributed by atoms with van der Waals surface area (Å²) in [5.74, 6) is 0.00694. The Bertz CT molecular complexity index is 948. The van der Waals surface area contributed by atoms with Crippen molar-refractivity contribution in [2.45, 2.75) is 6.92 Å². The summed E-state index contributed by atoms with van der Waals surface area (Å²) in [6.45, 7) is 4.43. The molecular weight excluding hydrogens is 356 g/mol. The predicted octanol–water partition coefficient (Wildman–Crippen LogP) is 4.40. The zero-order chi connectivity index (χ0) is 17.4. The molecule has 6 heteroatoms. The first kappa shape index (κ1) is 16.5. The van der Waals surface area contributed by atoms with Gasteiger partial charge < -0.3 is 9.64 Å². The number of benzene rings is 1. The van der Waals surface area contributed by atoms with Crippen LogP contribution in [0.5, 0.6) is 0 Å². The van der Waals surface area contributed by atoms with Gasteiger partial charge >= 0.3 is 0 Å². The maximum Gasteiger partial charge on any atom is 0.254 e. The van der Waals surface area contributed by atoms with E-state index in [-0.39, 0.29) is 5.91 Å². The Balaban J connectivity index is 1.87. The predicted molar refractivity (Wildman–Crippen MR) is 102 cm³/mol. The van der Waals surface area contributed by atoms with Gasteiger partial charge in [0.15, 0.2) is 0 Å². The summed E-state index contributed by atoms with van der Waals surface area (Å²) in [4.78, 5) is 22.0. The molecule has 3 heterocycles. The fraction of sp³-hybridized carbons (Fsp3) is 0.263. The molecule has 0 saturated carbocycles. The summed E-state index contributed by atoms with van der Waals surface area (Å²) in [5, 5.41) is 1.39. The lowest BCUT2D eigenvalue weighted by atomic mass is 10.1. The number of fused-ring (bicyclic) bond motifs is 1.